The van der Waals surface area contributed by atoms with Crippen molar-refractivity contribution in [3.8, 4) is 17.2 Å². The molecular weight excluding hydrogens is 500 g/mol. The minimum absolute atomic E-state index is 0.0768. The van der Waals surface area contributed by atoms with Crippen LogP contribution in [0.15, 0.2) is 47.7 Å². The van der Waals surface area contributed by atoms with Crippen molar-refractivity contribution < 1.29 is 38.1 Å². The van der Waals surface area contributed by atoms with Crippen molar-refractivity contribution in [3.05, 3.63) is 63.9 Å². The van der Waals surface area contributed by atoms with Gasteiger partial charge in [-0.25, -0.2) is 0 Å². The van der Waals surface area contributed by atoms with E-state index in [9.17, 15) is 14.4 Å². The van der Waals surface area contributed by atoms with Gasteiger partial charge < -0.3 is 23.7 Å². The Morgan fingerprint density at radius 2 is 1.81 bits per heavy atom. The van der Waals surface area contributed by atoms with Gasteiger partial charge in [-0.05, 0) is 5.56 Å². The highest BCUT2D eigenvalue weighted by Gasteiger charge is 2.65. The van der Waals surface area contributed by atoms with E-state index in [1.54, 1.807) is 6.92 Å². The molecule has 3 aliphatic rings. The molecule has 0 saturated heterocycles. The highest BCUT2D eigenvalue weighted by Crippen LogP contribution is 2.59. The number of rotatable bonds is 6. The number of halogens is 1. The molecule has 0 fully saturated rings. The van der Waals surface area contributed by atoms with E-state index in [1.165, 1.54) is 27.2 Å². The molecule has 1 unspecified atom stereocenters. The fraction of sp³-hybridized carbons (Fsp3) is 0.393. The first-order valence-corrected chi connectivity index (χ1v) is 12.4. The number of esters is 1. The molecule has 194 valence electrons. The molecule has 1 spiro atoms. The molecule has 8 nitrogen and oxygen atoms in total. The van der Waals surface area contributed by atoms with E-state index in [1.807, 2.05) is 30.3 Å². The largest absolute Gasteiger partial charge is 0.496 e. The normalized spacial score (nSPS) is 25.9. The van der Waals surface area contributed by atoms with Gasteiger partial charge in [-0.2, -0.15) is 0 Å². The Morgan fingerprint density at radius 1 is 1.11 bits per heavy atom. The molecule has 1 aliphatic carbocycles. The van der Waals surface area contributed by atoms with Crippen molar-refractivity contribution >= 4 is 29.1 Å². The van der Waals surface area contributed by atoms with Gasteiger partial charge in [0.1, 0.15) is 27.7 Å². The number of carbonyl (C=O) groups excluding carboxylic acids is 3. The third kappa shape index (κ3) is 3.69. The topological polar surface area (TPSA) is 97.4 Å². The van der Waals surface area contributed by atoms with Crippen LogP contribution in [-0.4, -0.2) is 44.0 Å². The maximum atomic E-state index is 14.2. The number of carbonyl (C=O) groups is 3. The molecule has 0 aromatic heterocycles. The van der Waals surface area contributed by atoms with Gasteiger partial charge in [0.15, 0.2) is 17.3 Å². The summed E-state index contributed by atoms with van der Waals surface area (Å²) in [6, 6.07) is 10.9. The van der Waals surface area contributed by atoms with E-state index in [2.05, 4.69) is 0 Å². The highest BCUT2D eigenvalue weighted by atomic mass is 35.5. The van der Waals surface area contributed by atoms with Crippen LogP contribution in [0.2, 0.25) is 5.02 Å². The van der Waals surface area contributed by atoms with Gasteiger partial charge in [-0.1, -0.05) is 48.9 Å². The number of Topliss-reactive ketones (excluding diaryl/α,β-unsaturated/α-hetero) is 2. The molecule has 5 rings (SSSR count). The Bertz CT molecular complexity index is 1330. The molecule has 0 radical (unpaired) electrons. The summed E-state index contributed by atoms with van der Waals surface area (Å²) in [5.41, 5.74) is -1.26. The van der Waals surface area contributed by atoms with Gasteiger partial charge in [0.05, 0.1) is 20.8 Å². The number of hydrogen-bond donors (Lipinski definition) is 0. The van der Waals surface area contributed by atoms with Gasteiger partial charge in [0.2, 0.25) is 11.4 Å². The lowest BCUT2D eigenvalue weighted by Gasteiger charge is -2.38. The number of ether oxygens (including phenoxy) is 5. The van der Waals surface area contributed by atoms with E-state index >= 15 is 0 Å². The average molecular weight is 527 g/mol. The standard InChI is InChI=1S/C28H27ClO8/c1-15-12-19(31)18-14-27(10-11-35-16(2)30,17-8-6-5-7-9-17)37-26(18)28(15)25(32)22-20(33-3)13-21(34-4)23(29)24(22)36-28/h5-9,13,15H,10-12,14H2,1-4H3/t15-,27?,28-/m1/s1. The van der Waals surface area contributed by atoms with Gasteiger partial charge in [0.25, 0.3) is 0 Å². The lowest BCUT2D eigenvalue weighted by molar-refractivity contribution is -0.143. The molecule has 2 aliphatic heterocycles. The third-order valence-corrected chi connectivity index (χ3v) is 7.78. The second kappa shape index (κ2) is 9.10. The summed E-state index contributed by atoms with van der Waals surface area (Å²) in [4.78, 5) is 39.0. The SMILES string of the molecule is COc1cc(OC)c2c(c1Cl)O[C@]1(C2=O)C2=C(CC(CCOC(C)=O)(c3ccccc3)O2)C(=O)C[C@H]1C. The summed E-state index contributed by atoms with van der Waals surface area (Å²) in [6.07, 6.45) is 0.580. The number of methoxy groups -OCH3 is 2. The molecule has 0 amide bonds. The van der Waals surface area contributed by atoms with Gasteiger partial charge in [-0.3, -0.25) is 14.4 Å². The molecule has 37 heavy (non-hydrogen) atoms. The Morgan fingerprint density at radius 3 is 2.46 bits per heavy atom. The summed E-state index contributed by atoms with van der Waals surface area (Å²) < 4.78 is 29.2. The second-order valence-corrected chi connectivity index (χ2v) is 9.91. The predicted octanol–water partition coefficient (Wildman–Crippen LogP) is 4.80. The molecule has 0 saturated carbocycles. The smallest absolute Gasteiger partial charge is 0.302 e. The fourth-order valence-corrected chi connectivity index (χ4v) is 5.84. The maximum absolute atomic E-state index is 14.2. The number of ketones is 2. The van der Waals surface area contributed by atoms with Crippen LogP contribution in [0.4, 0.5) is 0 Å². The Balaban J connectivity index is 1.64. The monoisotopic (exact) mass is 526 g/mol. The van der Waals surface area contributed by atoms with Crippen LogP contribution in [-0.2, 0) is 24.7 Å². The maximum Gasteiger partial charge on any atom is 0.302 e. The summed E-state index contributed by atoms with van der Waals surface area (Å²) in [6.45, 7) is 3.20. The molecule has 9 heteroatoms. The van der Waals surface area contributed by atoms with Crippen LogP contribution >= 0.6 is 11.6 Å². The number of benzene rings is 2. The number of hydrogen-bond acceptors (Lipinski definition) is 8. The van der Waals surface area contributed by atoms with Crippen LogP contribution in [0.5, 0.6) is 17.2 Å². The molecule has 0 bridgehead atoms. The summed E-state index contributed by atoms with van der Waals surface area (Å²) >= 11 is 6.59. The van der Waals surface area contributed by atoms with Crippen molar-refractivity contribution in [2.75, 3.05) is 20.8 Å². The first kappa shape index (κ1) is 25.1. The van der Waals surface area contributed by atoms with Crippen molar-refractivity contribution in [1.82, 2.24) is 0 Å². The zero-order chi connectivity index (χ0) is 26.5. The first-order valence-electron chi connectivity index (χ1n) is 12.0. The molecule has 3 atom stereocenters. The van der Waals surface area contributed by atoms with Crippen LogP contribution in [0.1, 0.15) is 49.0 Å². The van der Waals surface area contributed by atoms with Crippen molar-refractivity contribution in [1.29, 1.82) is 0 Å². The van der Waals surface area contributed by atoms with E-state index in [0.717, 1.165) is 5.56 Å². The van der Waals surface area contributed by atoms with Crippen molar-refractivity contribution in [3.63, 3.8) is 0 Å². The molecule has 2 aromatic rings. The van der Waals surface area contributed by atoms with Crippen LogP contribution in [0, 0.1) is 5.92 Å². The predicted molar refractivity (Wildman–Crippen MR) is 133 cm³/mol. The second-order valence-electron chi connectivity index (χ2n) is 9.53. The first-order chi connectivity index (χ1) is 17.7. The summed E-state index contributed by atoms with van der Waals surface area (Å²) in [5.74, 6) is -0.597. The van der Waals surface area contributed by atoms with Crippen LogP contribution in [0.25, 0.3) is 0 Å². The quantitative estimate of drug-likeness (QED) is 0.495. The summed E-state index contributed by atoms with van der Waals surface area (Å²) in [5, 5.41) is 0.136. The Labute approximate surface area is 219 Å². The molecule has 0 N–H and O–H groups in total. The molecule has 2 aromatic carbocycles. The van der Waals surface area contributed by atoms with Gasteiger partial charge >= 0.3 is 5.97 Å². The molecule has 2 heterocycles. The zero-order valence-corrected chi connectivity index (χ0v) is 21.8. The van der Waals surface area contributed by atoms with Crippen molar-refractivity contribution in [2.24, 2.45) is 5.92 Å². The molecular formula is C28H27ClO8. The van der Waals surface area contributed by atoms with Gasteiger partial charge in [0, 0.05) is 43.7 Å². The Kier molecular flexibility index (Phi) is 6.18. The van der Waals surface area contributed by atoms with E-state index in [-0.39, 0.29) is 65.3 Å². The number of fused-ring (bicyclic) bond motifs is 2. The van der Waals surface area contributed by atoms with E-state index in [0.29, 0.717) is 11.3 Å². The third-order valence-electron chi connectivity index (χ3n) is 7.42. The Hall–Kier alpha value is -3.52. The minimum atomic E-state index is -1.60. The average Bonchev–Trinajstić information content (AvgIpc) is 3.43. The van der Waals surface area contributed by atoms with E-state index < -0.39 is 23.1 Å². The van der Waals surface area contributed by atoms with Crippen LogP contribution in [0.3, 0.4) is 0 Å². The van der Waals surface area contributed by atoms with Gasteiger partial charge in [-0.15, -0.1) is 0 Å². The zero-order valence-electron chi connectivity index (χ0n) is 21.0. The highest BCUT2D eigenvalue weighted by molar-refractivity contribution is 6.35. The van der Waals surface area contributed by atoms with Crippen LogP contribution < -0.4 is 14.2 Å². The summed E-state index contributed by atoms with van der Waals surface area (Å²) in [7, 11) is 2.90. The van der Waals surface area contributed by atoms with Crippen molar-refractivity contribution in [2.45, 2.75) is 44.3 Å². The van der Waals surface area contributed by atoms with E-state index in [4.69, 9.17) is 35.3 Å². The fourth-order valence-electron chi connectivity index (χ4n) is 5.57. The lowest BCUT2D eigenvalue weighted by atomic mass is 9.72. The minimum Gasteiger partial charge on any atom is -0.496 e. The lowest BCUT2D eigenvalue weighted by Crippen LogP contribution is -2.52.